The summed E-state index contributed by atoms with van der Waals surface area (Å²) in [5.41, 5.74) is 1.24. The van der Waals surface area contributed by atoms with Crippen molar-refractivity contribution in [1.82, 2.24) is 10.3 Å². The first-order valence-electron chi connectivity index (χ1n) is 6.00. The van der Waals surface area contributed by atoms with Gasteiger partial charge >= 0.3 is 0 Å². The third-order valence-corrected chi connectivity index (χ3v) is 3.92. The molecule has 0 aliphatic carbocycles. The molecule has 0 amide bonds. The molecule has 0 saturated heterocycles. The van der Waals surface area contributed by atoms with Crippen molar-refractivity contribution in [1.29, 1.82) is 0 Å². The minimum atomic E-state index is 0.329. The quantitative estimate of drug-likeness (QED) is 0.864. The van der Waals surface area contributed by atoms with Crippen molar-refractivity contribution in [2.24, 2.45) is 0 Å². The summed E-state index contributed by atoms with van der Waals surface area (Å²) in [5, 5.41) is 5.79. The van der Waals surface area contributed by atoms with Crippen LogP contribution in [0.2, 0.25) is 0 Å². The highest BCUT2D eigenvalue weighted by atomic mass is 32.1. The number of nitrogens with one attached hydrogen (secondary N) is 1. The topological polar surface area (TPSA) is 24.9 Å². The third-order valence-electron chi connectivity index (χ3n) is 2.93. The van der Waals surface area contributed by atoms with Crippen molar-refractivity contribution in [3.05, 3.63) is 52.5 Å². The molecule has 0 radical (unpaired) electrons. The van der Waals surface area contributed by atoms with E-state index < -0.39 is 0 Å². The van der Waals surface area contributed by atoms with E-state index in [4.69, 9.17) is 0 Å². The number of hydrogen-bond donors (Lipinski definition) is 1. The van der Waals surface area contributed by atoms with Crippen LogP contribution in [0.4, 0.5) is 0 Å². The predicted octanol–water partition coefficient (Wildman–Crippen LogP) is 3.95. The minimum Gasteiger partial charge on any atom is -0.303 e. The van der Waals surface area contributed by atoms with Gasteiger partial charge in [-0.2, -0.15) is 0 Å². The van der Waals surface area contributed by atoms with Crippen LogP contribution in [-0.4, -0.2) is 4.98 Å². The monoisotopic (exact) mass is 246 g/mol. The summed E-state index contributed by atoms with van der Waals surface area (Å²) < 4.78 is 0. The highest BCUT2D eigenvalue weighted by Gasteiger charge is 2.14. The first-order chi connectivity index (χ1) is 8.31. The first kappa shape index (κ1) is 12.3. The van der Waals surface area contributed by atoms with Gasteiger partial charge in [-0.1, -0.05) is 19.1 Å². The molecule has 0 bridgehead atoms. The molecule has 2 heterocycles. The van der Waals surface area contributed by atoms with E-state index >= 15 is 0 Å². The van der Waals surface area contributed by atoms with Gasteiger partial charge in [0.25, 0.3) is 0 Å². The second-order valence-electron chi connectivity index (χ2n) is 4.15. The van der Waals surface area contributed by atoms with Gasteiger partial charge in [0, 0.05) is 29.4 Å². The molecule has 0 aliphatic heterocycles. The Morgan fingerprint density at radius 1 is 1.35 bits per heavy atom. The van der Waals surface area contributed by atoms with E-state index in [2.05, 4.69) is 47.7 Å². The maximum Gasteiger partial charge on any atom is 0.0416 e. The van der Waals surface area contributed by atoms with Crippen molar-refractivity contribution in [2.75, 3.05) is 0 Å². The molecule has 17 heavy (non-hydrogen) atoms. The molecule has 2 nitrogen and oxygen atoms in total. The molecule has 0 saturated carbocycles. The maximum absolute atomic E-state index is 4.16. The van der Waals surface area contributed by atoms with Crippen LogP contribution in [0.25, 0.3) is 0 Å². The zero-order valence-corrected chi connectivity index (χ0v) is 11.1. The molecule has 2 atom stereocenters. The lowest BCUT2D eigenvalue weighted by molar-refractivity contribution is 0.461. The molecular formula is C14H18N2S. The van der Waals surface area contributed by atoms with Crippen molar-refractivity contribution < 1.29 is 0 Å². The minimum absolute atomic E-state index is 0.329. The van der Waals surface area contributed by atoms with Gasteiger partial charge in [0.1, 0.15) is 0 Å². The Balaban J connectivity index is 2.05. The van der Waals surface area contributed by atoms with Gasteiger partial charge in [-0.15, -0.1) is 11.3 Å². The predicted molar refractivity (Wildman–Crippen MR) is 73.1 cm³/mol. The second kappa shape index (κ2) is 5.94. The van der Waals surface area contributed by atoms with E-state index in [0.717, 1.165) is 6.42 Å². The Morgan fingerprint density at radius 2 is 2.24 bits per heavy atom. The van der Waals surface area contributed by atoms with E-state index in [1.807, 2.05) is 29.8 Å². The Bertz CT molecular complexity index is 425. The van der Waals surface area contributed by atoms with E-state index in [9.17, 15) is 0 Å². The highest BCUT2D eigenvalue weighted by Crippen LogP contribution is 2.25. The lowest BCUT2D eigenvalue weighted by atomic mass is 10.1. The molecule has 0 aromatic carbocycles. The number of hydrogen-bond acceptors (Lipinski definition) is 3. The number of rotatable bonds is 5. The molecule has 0 spiro atoms. The lowest BCUT2D eigenvalue weighted by Gasteiger charge is -2.21. The van der Waals surface area contributed by atoms with Gasteiger partial charge in [-0.25, -0.2) is 0 Å². The van der Waals surface area contributed by atoms with Crippen LogP contribution in [0, 0.1) is 0 Å². The van der Waals surface area contributed by atoms with Gasteiger partial charge < -0.3 is 5.32 Å². The zero-order chi connectivity index (χ0) is 12.1. The summed E-state index contributed by atoms with van der Waals surface area (Å²) in [6.07, 6.45) is 4.84. The van der Waals surface area contributed by atoms with Crippen LogP contribution in [-0.2, 0) is 0 Å². The van der Waals surface area contributed by atoms with E-state index in [1.165, 1.54) is 10.4 Å². The van der Waals surface area contributed by atoms with Gasteiger partial charge in [0.15, 0.2) is 0 Å². The number of nitrogens with zero attached hydrogens (tertiary/aromatic N) is 1. The average Bonchev–Trinajstić information content (AvgIpc) is 2.90. The van der Waals surface area contributed by atoms with Gasteiger partial charge in [-0.05, 0) is 36.4 Å². The van der Waals surface area contributed by atoms with Gasteiger partial charge in [-0.3, -0.25) is 4.98 Å². The Hall–Kier alpha value is -1.19. The number of thiophene rings is 1. The fourth-order valence-electron chi connectivity index (χ4n) is 1.92. The summed E-state index contributed by atoms with van der Waals surface area (Å²) in [6.45, 7) is 4.40. The van der Waals surface area contributed by atoms with Crippen LogP contribution in [0.3, 0.4) is 0 Å². The molecule has 2 rings (SSSR count). The molecule has 0 fully saturated rings. The van der Waals surface area contributed by atoms with Crippen molar-refractivity contribution in [2.45, 2.75) is 32.4 Å². The van der Waals surface area contributed by atoms with Gasteiger partial charge in [0.2, 0.25) is 0 Å². The molecule has 1 unspecified atom stereocenters. The normalized spacial score (nSPS) is 14.5. The smallest absolute Gasteiger partial charge is 0.0416 e. The zero-order valence-electron chi connectivity index (χ0n) is 10.3. The van der Waals surface area contributed by atoms with Gasteiger partial charge in [0.05, 0.1) is 0 Å². The standard InChI is InChI=1S/C14H18N2S/c1-3-13(14-7-5-9-17-14)16-11(2)12-6-4-8-15-10-12/h4-11,13,16H,3H2,1-2H3/t11-,13?/m1/s1. The van der Waals surface area contributed by atoms with Crippen LogP contribution >= 0.6 is 11.3 Å². The van der Waals surface area contributed by atoms with Crippen LogP contribution in [0.5, 0.6) is 0 Å². The van der Waals surface area contributed by atoms with E-state index in [-0.39, 0.29) is 0 Å². The third kappa shape index (κ3) is 3.14. The molecule has 0 aliphatic rings. The SMILES string of the molecule is CCC(N[C@H](C)c1cccnc1)c1cccs1. The van der Waals surface area contributed by atoms with Crippen LogP contribution in [0.15, 0.2) is 42.0 Å². The first-order valence-corrected chi connectivity index (χ1v) is 6.88. The molecule has 2 aromatic heterocycles. The van der Waals surface area contributed by atoms with Crippen LogP contribution in [0.1, 0.15) is 42.8 Å². The fraction of sp³-hybridized carbons (Fsp3) is 0.357. The Labute approximate surface area is 107 Å². The van der Waals surface area contributed by atoms with E-state index in [0.29, 0.717) is 12.1 Å². The maximum atomic E-state index is 4.16. The fourth-order valence-corrected chi connectivity index (χ4v) is 2.79. The summed E-state index contributed by atoms with van der Waals surface area (Å²) in [4.78, 5) is 5.57. The molecular weight excluding hydrogens is 228 g/mol. The number of aromatic nitrogens is 1. The van der Waals surface area contributed by atoms with E-state index in [1.54, 1.807) is 0 Å². The molecule has 3 heteroatoms. The van der Waals surface area contributed by atoms with Crippen molar-refractivity contribution in [3.63, 3.8) is 0 Å². The second-order valence-corrected chi connectivity index (χ2v) is 5.13. The van der Waals surface area contributed by atoms with Crippen molar-refractivity contribution in [3.8, 4) is 0 Å². The summed E-state index contributed by atoms with van der Waals surface area (Å²) in [6, 6.07) is 9.17. The number of pyridine rings is 1. The molecule has 2 aromatic rings. The highest BCUT2D eigenvalue weighted by molar-refractivity contribution is 7.10. The molecule has 90 valence electrons. The lowest BCUT2D eigenvalue weighted by Crippen LogP contribution is -2.23. The van der Waals surface area contributed by atoms with Crippen LogP contribution < -0.4 is 5.32 Å². The summed E-state index contributed by atoms with van der Waals surface area (Å²) >= 11 is 1.81. The molecule has 1 N–H and O–H groups in total. The largest absolute Gasteiger partial charge is 0.303 e. The van der Waals surface area contributed by atoms with Crippen molar-refractivity contribution >= 4 is 11.3 Å². The Kier molecular flexibility index (Phi) is 4.29. The summed E-state index contributed by atoms with van der Waals surface area (Å²) in [5.74, 6) is 0. The average molecular weight is 246 g/mol. The Morgan fingerprint density at radius 3 is 2.82 bits per heavy atom. The summed E-state index contributed by atoms with van der Waals surface area (Å²) in [7, 11) is 0.